The van der Waals surface area contributed by atoms with Crippen molar-refractivity contribution in [2.24, 2.45) is 0 Å². The Morgan fingerprint density at radius 3 is 2.47 bits per heavy atom. The van der Waals surface area contributed by atoms with Crippen molar-refractivity contribution < 1.29 is 4.42 Å². The summed E-state index contributed by atoms with van der Waals surface area (Å²) in [6.45, 7) is 9.72. The molecule has 3 nitrogen and oxygen atoms in total. The Morgan fingerprint density at radius 2 is 1.79 bits per heavy atom. The lowest BCUT2D eigenvalue weighted by Crippen LogP contribution is -2.32. The minimum Gasteiger partial charge on any atom is -0.460 e. The van der Waals surface area contributed by atoms with E-state index in [1.54, 1.807) is 0 Å². The Bertz CT molecular complexity index is 469. The van der Waals surface area contributed by atoms with Crippen molar-refractivity contribution in [2.75, 3.05) is 33.2 Å². The average molecular weight is 260 g/mol. The normalized spacial score (nSPS) is 11.8. The van der Waals surface area contributed by atoms with Gasteiger partial charge in [0, 0.05) is 18.5 Å². The van der Waals surface area contributed by atoms with Crippen molar-refractivity contribution in [1.29, 1.82) is 0 Å². The van der Waals surface area contributed by atoms with Crippen LogP contribution in [0.3, 0.4) is 0 Å². The van der Waals surface area contributed by atoms with Gasteiger partial charge >= 0.3 is 0 Å². The highest BCUT2D eigenvalue weighted by molar-refractivity contribution is 5.77. The van der Waals surface area contributed by atoms with Gasteiger partial charge in [0.1, 0.15) is 11.3 Å². The molecule has 2 rings (SSSR count). The molecular formula is C16H24N2O. The summed E-state index contributed by atoms with van der Waals surface area (Å²) in [4.78, 5) is 4.76. The van der Waals surface area contributed by atoms with E-state index in [-0.39, 0.29) is 0 Å². The maximum absolute atomic E-state index is 5.84. The number of fused-ring (bicyclic) bond motifs is 1. The topological polar surface area (TPSA) is 19.6 Å². The second-order valence-corrected chi connectivity index (χ2v) is 5.02. The molecule has 1 heterocycles. The molecule has 0 amide bonds. The lowest BCUT2D eigenvalue weighted by molar-refractivity contribution is 0.228. The van der Waals surface area contributed by atoms with Crippen molar-refractivity contribution in [3.63, 3.8) is 0 Å². The van der Waals surface area contributed by atoms with Crippen LogP contribution in [0.15, 0.2) is 34.7 Å². The molecule has 1 aromatic heterocycles. The van der Waals surface area contributed by atoms with E-state index in [0.29, 0.717) is 0 Å². The van der Waals surface area contributed by atoms with Crippen molar-refractivity contribution in [1.82, 2.24) is 9.80 Å². The molecule has 2 aromatic rings. The summed E-state index contributed by atoms with van der Waals surface area (Å²) in [7, 11) is 2.15. The molecule has 3 heteroatoms. The Balaban J connectivity index is 1.89. The van der Waals surface area contributed by atoms with Crippen LogP contribution >= 0.6 is 0 Å². The van der Waals surface area contributed by atoms with E-state index >= 15 is 0 Å². The van der Waals surface area contributed by atoms with Gasteiger partial charge in [-0.25, -0.2) is 0 Å². The first-order chi connectivity index (χ1) is 9.22. The average Bonchev–Trinajstić information content (AvgIpc) is 2.81. The number of rotatable bonds is 7. The third kappa shape index (κ3) is 3.82. The summed E-state index contributed by atoms with van der Waals surface area (Å²) in [5, 5.41) is 1.19. The Morgan fingerprint density at radius 1 is 1.05 bits per heavy atom. The van der Waals surface area contributed by atoms with Crippen LogP contribution in [0.2, 0.25) is 0 Å². The first-order valence-corrected chi connectivity index (χ1v) is 7.11. The van der Waals surface area contributed by atoms with Gasteiger partial charge in [-0.2, -0.15) is 0 Å². The van der Waals surface area contributed by atoms with Crippen LogP contribution in [0, 0.1) is 0 Å². The van der Waals surface area contributed by atoms with E-state index < -0.39 is 0 Å². The second kappa shape index (κ2) is 6.73. The lowest BCUT2D eigenvalue weighted by atomic mass is 10.2. The van der Waals surface area contributed by atoms with Crippen LogP contribution in [-0.2, 0) is 6.54 Å². The second-order valence-electron chi connectivity index (χ2n) is 5.02. The predicted molar refractivity (Wildman–Crippen MR) is 80.3 cm³/mol. The van der Waals surface area contributed by atoms with Crippen molar-refractivity contribution in [2.45, 2.75) is 20.4 Å². The fraction of sp³-hybridized carbons (Fsp3) is 0.500. The van der Waals surface area contributed by atoms with Crippen LogP contribution in [0.5, 0.6) is 0 Å². The van der Waals surface area contributed by atoms with Gasteiger partial charge in [-0.1, -0.05) is 32.0 Å². The maximum atomic E-state index is 5.84. The number of hydrogen-bond donors (Lipinski definition) is 0. The molecule has 0 N–H and O–H groups in total. The molecule has 0 aliphatic carbocycles. The number of para-hydroxylation sites is 1. The summed E-state index contributed by atoms with van der Waals surface area (Å²) >= 11 is 0. The van der Waals surface area contributed by atoms with E-state index in [0.717, 1.165) is 44.1 Å². The van der Waals surface area contributed by atoms with Crippen LogP contribution in [-0.4, -0.2) is 43.0 Å². The maximum Gasteiger partial charge on any atom is 0.134 e. The fourth-order valence-corrected chi connectivity index (χ4v) is 2.31. The zero-order chi connectivity index (χ0) is 13.7. The molecule has 0 fully saturated rings. The van der Waals surface area contributed by atoms with Gasteiger partial charge in [0.2, 0.25) is 0 Å². The molecule has 0 bridgehead atoms. The fourth-order valence-electron chi connectivity index (χ4n) is 2.31. The molecule has 19 heavy (non-hydrogen) atoms. The lowest BCUT2D eigenvalue weighted by Gasteiger charge is -2.22. The third-order valence-electron chi connectivity index (χ3n) is 3.59. The van der Waals surface area contributed by atoms with Crippen molar-refractivity contribution >= 4 is 11.0 Å². The van der Waals surface area contributed by atoms with Gasteiger partial charge in [0.25, 0.3) is 0 Å². The summed E-state index contributed by atoms with van der Waals surface area (Å²) in [6.07, 6.45) is 0. The van der Waals surface area contributed by atoms with E-state index in [2.05, 4.69) is 42.8 Å². The molecule has 1 aromatic carbocycles. The third-order valence-corrected chi connectivity index (χ3v) is 3.59. The van der Waals surface area contributed by atoms with Crippen LogP contribution in [0.4, 0.5) is 0 Å². The molecule has 0 atom stereocenters. The number of likely N-dealkylation sites (N-methyl/N-ethyl adjacent to an activating group) is 2. The quantitative estimate of drug-likeness (QED) is 0.762. The van der Waals surface area contributed by atoms with Gasteiger partial charge in [-0.3, -0.25) is 4.90 Å². The molecule has 0 unspecified atom stereocenters. The highest BCUT2D eigenvalue weighted by Crippen LogP contribution is 2.19. The number of nitrogens with zero attached hydrogens (tertiary/aromatic N) is 2. The summed E-state index contributed by atoms with van der Waals surface area (Å²) in [5.41, 5.74) is 0.981. The van der Waals surface area contributed by atoms with Gasteiger partial charge in [0.15, 0.2) is 0 Å². The SMILES string of the molecule is CCN(CC)CCN(C)Cc1cc2ccccc2o1. The molecule has 0 spiro atoms. The minimum absolute atomic E-state index is 0.871. The summed E-state index contributed by atoms with van der Waals surface area (Å²) < 4.78 is 5.84. The molecule has 104 valence electrons. The Hall–Kier alpha value is -1.32. The Kier molecular flexibility index (Phi) is 5.00. The van der Waals surface area contributed by atoms with Crippen molar-refractivity contribution in [3.8, 4) is 0 Å². The molecular weight excluding hydrogens is 236 g/mol. The number of benzene rings is 1. The van der Waals surface area contributed by atoms with Gasteiger partial charge in [-0.05, 0) is 32.3 Å². The molecule has 0 radical (unpaired) electrons. The van der Waals surface area contributed by atoms with E-state index in [4.69, 9.17) is 4.42 Å². The summed E-state index contributed by atoms with van der Waals surface area (Å²) in [5.74, 6) is 1.04. The van der Waals surface area contributed by atoms with E-state index in [1.165, 1.54) is 5.39 Å². The first-order valence-electron chi connectivity index (χ1n) is 7.11. The summed E-state index contributed by atoms with van der Waals surface area (Å²) in [6, 6.07) is 10.3. The van der Waals surface area contributed by atoms with Gasteiger partial charge < -0.3 is 9.32 Å². The zero-order valence-corrected chi connectivity index (χ0v) is 12.2. The number of furan rings is 1. The highest BCUT2D eigenvalue weighted by Gasteiger charge is 2.07. The largest absolute Gasteiger partial charge is 0.460 e. The molecule has 0 aliphatic rings. The zero-order valence-electron chi connectivity index (χ0n) is 12.2. The molecule has 0 saturated heterocycles. The molecule has 0 saturated carbocycles. The van der Waals surface area contributed by atoms with E-state index in [9.17, 15) is 0 Å². The molecule has 0 aliphatic heterocycles. The standard InChI is InChI=1S/C16H24N2O/c1-4-18(5-2)11-10-17(3)13-15-12-14-8-6-7-9-16(14)19-15/h6-9,12H,4-5,10-11,13H2,1-3H3. The first kappa shape index (κ1) is 14.1. The monoisotopic (exact) mass is 260 g/mol. The van der Waals surface area contributed by atoms with Gasteiger partial charge in [0.05, 0.1) is 6.54 Å². The van der Waals surface area contributed by atoms with Crippen molar-refractivity contribution in [3.05, 3.63) is 36.1 Å². The van der Waals surface area contributed by atoms with E-state index in [1.807, 2.05) is 18.2 Å². The predicted octanol–water partition coefficient (Wildman–Crippen LogP) is 3.21. The highest BCUT2D eigenvalue weighted by atomic mass is 16.3. The smallest absolute Gasteiger partial charge is 0.134 e. The van der Waals surface area contributed by atoms with Crippen LogP contribution in [0.1, 0.15) is 19.6 Å². The number of hydrogen-bond acceptors (Lipinski definition) is 3. The van der Waals surface area contributed by atoms with Crippen LogP contribution < -0.4 is 0 Å². The minimum atomic E-state index is 0.871. The van der Waals surface area contributed by atoms with Gasteiger partial charge in [-0.15, -0.1) is 0 Å². The van der Waals surface area contributed by atoms with Crippen LogP contribution in [0.25, 0.3) is 11.0 Å². The Labute approximate surface area is 115 Å².